The first-order valence-corrected chi connectivity index (χ1v) is 5.55. The first kappa shape index (κ1) is 13.4. The number of aliphatic carboxylic acids is 1. The van der Waals surface area contributed by atoms with E-state index in [1.807, 2.05) is 20.8 Å². The van der Waals surface area contributed by atoms with Gasteiger partial charge in [0.15, 0.2) is 0 Å². The van der Waals surface area contributed by atoms with E-state index in [4.69, 9.17) is 5.11 Å². The van der Waals surface area contributed by atoms with Crippen molar-refractivity contribution in [1.82, 2.24) is 5.32 Å². The van der Waals surface area contributed by atoms with Crippen LogP contribution in [0.5, 0.6) is 0 Å². The topological polar surface area (TPSA) is 49.3 Å². The summed E-state index contributed by atoms with van der Waals surface area (Å²) in [6.07, 6.45) is 2.79. The molecule has 0 radical (unpaired) electrons. The Balaban J connectivity index is 4.34. The van der Waals surface area contributed by atoms with Crippen LogP contribution < -0.4 is 5.32 Å². The Morgan fingerprint density at radius 1 is 1.21 bits per heavy atom. The van der Waals surface area contributed by atoms with Crippen LogP contribution in [-0.4, -0.2) is 23.2 Å². The third-order valence-corrected chi connectivity index (χ3v) is 2.86. The lowest BCUT2D eigenvalue weighted by Gasteiger charge is -2.25. The molecule has 2 atom stereocenters. The normalized spacial score (nSPS) is 15.5. The molecule has 0 heterocycles. The lowest BCUT2D eigenvalue weighted by molar-refractivity contribution is -0.141. The summed E-state index contributed by atoms with van der Waals surface area (Å²) in [6, 6.07) is -0.114. The summed E-state index contributed by atoms with van der Waals surface area (Å²) in [5, 5.41) is 12.3. The molecule has 0 aromatic heterocycles. The molecule has 0 spiro atoms. The number of nitrogens with one attached hydrogen (secondary N) is 1. The third-order valence-electron chi connectivity index (χ3n) is 2.86. The predicted octanol–water partition coefficient (Wildman–Crippen LogP) is 2.26. The van der Waals surface area contributed by atoms with Crippen LogP contribution in [0.4, 0.5) is 0 Å². The standard InChI is InChI=1S/C11H23NO2/c1-5-8(4)12-10(11(13)14)9(6-2)7-3/h8-10,12H,5-7H2,1-4H3,(H,13,14). The highest BCUT2D eigenvalue weighted by Gasteiger charge is 2.26. The van der Waals surface area contributed by atoms with Crippen LogP contribution in [0.2, 0.25) is 0 Å². The van der Waals surface area contributed by atoms with E-state index in [0.29, 0.717) is 0 Å². The van der Waals surface area contributed by atoms with Crippen molar-refractivity contribution in [3.05, 3.63) is 0 Å². The fourth-order valence-corrected chi connectivity index (χ4v) is 1.59. The van der Waals surface area contributed by atoms with E-state index in [2.05, 4.69) is 12.2 Å². The molecule has 0 rings (SSSR count). The zero-order valence-corrected chi connectivity index (χ0v) is 9.71. The molecule has 2 unspecified atom stereocenters. The second-order valence-corrected chi connectivity index (χ2v) is 3.87. The van der Waals surface area contributed by atoms with Crippen molar-refractivity contribution in [3.8, 4) is 0 Å². The molecule has 3 nitrogen and oxygen atoms in total. The molecule has 0 fully saturated rings. The molecular weight excluding hydrogens is 178 g/mol. The van der Waals surface area contributed by atoms with Crippen molar-refractivity contribution in [2.45, 2.75) is 59.0 Å². The van der Waals surface area contributed by atoms with Gasteiger partial charge in [-0.2, -0.15) is 0 Å². The molecule has 0 bridgehead atoms. The van der Waals surface area contributed by atoms with Gasteiger partial charge in [0.05, 0.1) is 0 Å². The summed E-state index contributed by atoms with van der Waals surface area (Å²) in [4.78, 5) is 11.0. The van der Waals surface area contributed by atoms with Crippen molar-refractivity contribution < 1.29 is 9.90 Å². The number of hydrogen-bond donors (Lipinski definition) is 2. The van der Waals surface area contributed by atoms with Gasteiger partial charge in [-0.3, -0.25) is 4.79 Å². The molecule has 0 aromatic carbocycles. The van der Waals surface area contributed by atoms with Gasteiger partial charge in [-0.05, 0) is 19.3 Å². The molecule has 84 valence electrons. The summed E-state index contributed by atoms with van der Waals surface area (Å²) in [7, 11) is 0. The van der Waals surface area contributed by atoms with Gasteiger partial charge in [-0.15, -0.1) is 0 Å². The summed E-state index contributed by atoms with van der Waals surface area (Å²) in [5.41, 5.74) is 0. The first-order chi connectivity index (χ1) is 6.56. The summed E-state index contributed by atoms with van der Waals surface area (Å²) in [6.45, 7) is 8.17. The minimum atomic E-state index is -0.723. The van der Waals surface area contributed by atoms with Crippen molar-refractivity contribution in [3.63, 3.8) is 0 Å². The molecule has 3 heteroatoms. The molecule has 0 saturated heterocycles. The summed E-state index contributed by atoms with van der Waals surface area (Å²) >= 11 is 0. The average molecular weight is 201 g/mol. The van der Waals surface area contributed by atoms with Crippen LogP contribution in [-0.2, 0) is 4.79 Å². The van der Waals surface area contributed by atoms with Gasteiger partial charge in [0.1, 0.15) is 6.04 Å². The molecule has 0 aliphatic heterocycles. The Labute approximate surface area is 86.9 Å². The summed E-state index contributed by atoms with van der Waals surface area (Å²) < 4.78 is 0. The minimum absolute atomic E-state index is 0.237. The van der Waals surface area contributed by atoms with Gasteiger partial charge >= 0.3 is 5.97 Å². The number of carboxylic acids is 1. The minimum Gasteiger partial charge on any atom is -0.480 e. The first-order valence-electron chi connectivity index (χ1n) is 5.55. The molecule has 2 N–H and O–H groups in total. The largest absolute Gasteiger partial charge is 0.480 e. The number of hydrogen-bond acceptors (Lipinski definition) is 2. The molecule has 14 heavy (non-hydrogen) atoms. The van der Waals surface area contributed by atoms with E-state index in [0.717, 1.165) is 19.3 Å². The van der Waals surface area contributed by atoms with E-state index in [-0.39, 0.29) is 18.0 Å². The van der Waals surface area contributed by atoms with E-state index in [1.54, 1.807) is 0 Å². The Morgan fingerprint density at radius 2 is 1.71 bits per heavy atom. The lowest BCUT2D eigenvalue weighted by atomic mass is 9.93. The Kier molecular flexibility index (Phi) is 6.54. The van der Waals surface area contributed by atoms with Gasteiger partial charge in [-0.1, -0.05) is 33.6 Å². The highest BCUT2D eigenvalue weighted by molar-refractivity contribution is 5.73. The molecule has 0 amide bonds. The average Bonchev–Trinajstić information content (AvgIpc) is 2.17. The van der Waals surface area contributed by atoms with Crippen LogP contribution in [0.3, 0.4) is 0 Å². The van der Waals surface area contributed by atoms with E-state index < -0.39 is 5.97 Å². The molecule has 0 aromatic rings. The predicted molar refractivity (Wildman–Crippen MR) is 58.4 cm³/mol. The molecular formula is C11H23NO2. The van der Waals surface area contributed by atoms with Gasteiger partial charge < -0.3 is 10.4 Å². The lowest BCUT2D eigenvalue weighted by Crippen LogP contribution is -2.46. The van der Waals surface area contributed by atoms with Crippen LogP contribution in [0, 0.1) is 5.92 Å². The van der Waals surface area contributed by atoms with Crippen molar-refractivity contribution in [1.29, 1.82) is 0 Å². The second kappa shape index (κ2) is 6.82. The van der Waals surface area contributed by atoms with E-state index in [1.165, 1.54) is 0 Å². The molecule has 0 saturated carbocycles. The van der Waals surface area contributed by atoms with Gasteiger partial charge in [0.2, 0.25) is 0 Å². The molecule has 0 aliphatic rings. The maximum atomic E-state index is 11.0. The Bertz CT molecular complexity index is 167. The van der Waals surface area contributed by atoms with Gasteiger partial charge in [0.25, 0.3) is 0 Å². The SMILES string of the molecule is CCC(C)NC(C(=O)O)C(CC)CC. The quantitative estimate of drug-likeness (QED) is 0.664. The maximum Gasteiger partial charge on any atom is 0.320 e. The van der Waals surface area contributed by atoms with Crippen LogP contribution in [0.25, 0.3) is 0 Å². The highest BCUT2D eigenvalue weighted by atomic mass is 16.4. The van der Waals surface area contributed by atoms with Crippen LogP contribution in [0.15, 0.2) is 0 Å². The second-order valence-electron chi connectivity index (χ2n) is 3.87. The zero-order chi connectivity index (χ0) is 11.1. The fraction of sp³-hybridized carbons (Fsp3) is 0.909. The van der Waals surface area contributed by atoms with Crippen LogP contribution in [0.1, 0.15) is 47.0 Å². The highest BCUT2D eigenvalue weighted by Crippen LogP contribution is 2.14. The Morgan fingerprint density at radius 3 is 2.00 bits per heavy atom. The summed E-state index contributed by atoms with van der Waals surface area (Å²) in [5.74, 6) is -0.486. The van der Waals surface area contributed by atoms with Crippen LogP contribution >= 0.6 is 0 Å². The van der Waals surface area contributed by atoms with E-state index >= 15 is 0 Å². The smallest absolute Gasteiger partial charge is 0.320 e. The molecule has 0 aliphatic carbocycles. The monoisotopic (exact) mass is 201 g/mol. The zero-order valence-electron chi connectivity index (χ0n) is 9.71. The fourth-order valence-electron chi connectivity index (χ4n) is 1.59. The van der Waals surface area contributed by atoms with Gasteiger partial charge in [-0.25, -0.2) is 0 Å². The number of carbonyl (C=O) groups is 1. The Hall–Kier alpha value is -0.570. The van der Waals surface area contributed by atoms with Crippen molar-refractivity contribution in [2.24, 2.45) is 5.92 Å². The number of rotatable bonds is 7. The van der Waals surface area contributed by atoms with E-state index in [9.17, 15) is 4.79 Å². The van der Waals surface area contributed by atoms with Crippen molar-refractivity contribution >= 4 is 5.97 Å². The van der Waals surface area contributed by atoms with Crippen molar-refractivity contribution in [2.75, 3.05) is 0 Å². The third kappa shape index (κ3) is 4.09. The maximum absolute atomic E-state index is 11.0. The number of carboxylic acid groups (broad SMARTS) is 1. The van der Waals surface area contributed by atoms with Gasteiger partial charge in [0, 0.05) is 6.04 Å².